The Balaban J connectivity index is 1.76. The molecule has 7 nitrogen and oxygen atoms in total. The van der Waals surface area contributed by atoms with Crippen LogP contribution in [0.4, 0.5) is 5.69 Å². The van der Waals surface area contributed by atoms with E-state index in [0.717, 1.165) is 5.56 Å². The van der Waals surface area contributed by atoms with E-state index >= 15 is 0 Å². The summed E-state index contributed by atoms with van der Waals surface area (Å²) >= 11 is 0. The lowest BCUT2D eigenvalue weighted by Crippen LogP contribution is -2.25. The van der Waals surface area contributed by atoms with Crippen molar-refractivity contribution in [2.24, 2.45) is 12.0 Å². The fraction of sp³-hybridized carbons (Fsp3) is 0.118. The highest BCUT2D eigenvalue weighted by Gasteiger charge is 2.16. The molecule has 7 heteroatoms. The number of aromatic hydroxyl groups is 1. The van der Waals surface area contributed by atoms with Crippen LogP contribution in [0.2, 0.25) is 0 Å². The summed E-state index contributed by atoms with van der Waals surface area (Å²) < 4.78 is 6.65. The van der Waals surface area contributed by atoms with Gasteiger partial charge in [-0.05, 0) is 29.8 Å². The van der Waals surface area contributed by atoms with Gasteiger partial charge in [0.15, 0.2) is 5.69 Å². The van der Waals surface area contributed by atoms with Crippen molar-refractivity contribution in [1.29, 1.82) is 0 Å². The molecule has 0 fully saturated rings. The molecule has 0 spiro atoms. The van der Waals surface area contributed by atoms with Gasteiger partial charge in [-0.1, -0.05) is 12.1 Å². The highest BCUT2D eigenvalue weighted by molar-refractivity contribution is 5.98. The van der Waals surface area contributed by atoms with E-state index in [-0.39, 0.29) is 18.2 Å². The van der Waals surface area contributed by atoms with Crippen LogP contribution in [0.15, 0.2) is 58.3 Å². The second-order valence-corrected chi connectivity index (χ2v) is 5.12. The number of hydrogen-bond donors (Lipinski definition) is 2. The van der Waals surface area contributed by atoms with E-state index in [0.29, 0.717) is 17.1 Å². The van der Waals surface area contributed by atoms with Gasteiger partial charge in [0.25, 0.3) is 5.91 Å². The quantitative estimate of drug-likeness (QED) is 0.705. The second kappa shape index (κ2) is 6.82. The molecule has 0 radical (unpaired) electrons. The van der Waals surface area contributed by atoms with Crippen LogP contribution in [0.5, 0.6) is 5.75 Å². The van der Waals surface area contributed by atoms with Gasteiger partial charge in [-0.3, -0.25) is 14.5 Å². The van der Waals surface area contributed by atoms with Crippen LogP contribution in [-0.4, -0.2) is 27.0 Å². The zero-order valence-electron chi connectivity index (χ0n) is 13.0. The standard InChI is InChI=1S/C17H16N4O3/c1-21-16(17(23)19-10-14-6-3-7-24-14)15(11-20-21)18-9-12-4-2-5-13(22)8-12/h2-9,11,22H,10H2,1H3,(H,19,23). The van der Waals surface area contributed by atoms with E-state index < -0.39 is 0 Å². The first kappa shape index (κ1) is 15.5. The molecule has 0 aliphatic heterocycles. The number of aliphatic imine (C=N–C) groups is 1. The van der Waals surface area contributed by atoms with Crippen molar-refractivity contribution in [1.82, 2.24) is 15.1 Å². The largest absolute Gasteiger partial charge is 0.508 e. The number of phenols is 1. The van der Waals surface area contributed by atoms with Crippen LogP contribution < -0.4 is 5.32 Å². The molecule has 0 unspecified atom stereocenters. The van der Waals surface area contributed by atoms with Gasteiger partial charge in [0.1, 0.15) is 17.2 Å². The second-order valence-electron chi connectivity index (χ2n) is 5.12. The maximum atomic E-state index is 12.4. The van der Waals surface area contributed by atoms with Crippen molar-refractivity contribution in [2.45, 2.75) is 6.54 Å². The van der Waals surface area contributed by atoms with Crippen molar-refractivity contribution in [3.05, 3.63) is 65.9 Å². The number of benzene rings is 1. The van der Waals surface area contributed by atoms with Gasteiger partial charge in [-0.15, -0.1) is 0 Å². The van der Waals surface area contributed by atoms with Gasteiger partial charge in [0.2, 0.25) is 0 Å². The average Bonchev–Trinajstić information content (AvgIpc) is 3.20. The summed E-state index contributed by atoms with van der Waals surface area (Å²) in [6.07, 6.45) is 4.64. The number of hydrogen-bond acceptors (Lipinski definition) is 5. The van der Waals surface area contributed by atoms with E-state index in [1.807, 2.05) is 0 Å². The average molecular weight is 324 g/mol. The van der Waals surface area contributed by atoms with Gasteiger partial charge >= 0.3 is 0 Å². The Morgan fingerprint density at radius 2 is 2.29 bits per heavy atom. The molecule has 2 N–H and O–H groups in total. The molecule has 24 heavy (non-hydrogen) atoms. The van der Waals surface area contributed by atoms with Gasteiger partial charge < -0.3 is 14.8 Å². The summed E-state index contributed by atoms with van der Waals surface area (Å²) in [5.41, 5.74) is 1.51. The predicted molar refractivity (Wildman–Crippen MR) is 88.4 cm³/mol. The van der Waals surface area contributed by atoms with Crippen molar-refractivity contribution in [3.63, 3.8) is 0 Å². The summed E-state index contributed by atoms with van der Waals surface area (Å²) in [7, 11) is 1.68. The number of carbonyl (C=O) groups is 1. The maximum Gasteiger partial charge on any atom is 0.272 e. The van der Waals surface area contributed by atoms with Crippen LogP contribution in [0, 0.1) is 0 Å². The van der Waals surface area contributed by atoms with E-state index in [2.05, 4.69) is 15.4 Å². The van der Waals surface area contributed by atoms with Gasteiger partial charge in [-0.25, -0.2) is 0 Å². The number of aromatic nitrogens is 2. The number of furan rings is 1. The maximum absolute atomic E-state index is 12.4. The summed E-state index contributed by atoms with van der Waals surface area (Å²) in [6, 6.07) is 10.2. The number of aryl methyl sites for hydroxylation is 1. The lowest BCUT2D eigenvalue weighted by molar-refractivity contribution is 0.0939. The Morgan fingerprint density at radius 3 is 3.04 bits per heavy atom. The van der Waals surface area contributed by atoms with E-state index in [1.165, 1.54) is 10.9 Å². The molecule has 0 bridgehead atoms. The van der Waals surface area contributed by atoms with Gasteiger partial charge in [-0.2, -0.15) is 5.10 Å². The molecule has 0 aliphatic rings. The lowest BCUT2D eigenvalue weighted by atomic mass is 10.2. The monoisotopic (exact) mass is 324 g/mol. The van der Waals surface area contributed by atoms with Crippen LogP contribution >= 0.6 is 0 Å². The molecule has 0 saturated carbocycles. The Kier molecular flexibility index (Phi) is 4.42. The molecule has 3 rings (SSSR count). The number of phenolic OH excluding ortho intramolecular Hbond substituents is 1. The predicted octanol–water partition coefficient (Wildman–Crippen LogP) is 2.40. The minimum absolute atomic E-state index is 0.154. The number of nitrogens with zero attached hydrogens (tertiary/aromatic N) is 3. The van der Waals surface area contributed by atoms with Crippen molar-refractivity contribution in [2.75, 3.05) is 0 Å². The minimum Gasteiger partial charge on any atom is -0.508 e. The first-order valence-electron chi connectivity index (χ1n) is 7.29. The van der Waals surface area contributed by atoms with E-state index in [4.69, 9.17) is 4.42 Å². The number of carbonyl (C=O) groups excluding carboxylic acids is 1. The highest BCUT2D eigenvalue weighted by Crippen LogP contribution is 2.18. The Morgan fingerprint density at radius 1 is 1.42 bits per heavy atom. The first-order chi connectivity index (χ1) is 11.6. The molecule has 0 saturated heterocycles. The molecule has 0 atom stereocenters. The number of nitrogens with one attached hydrogen (secondary N) is 1. The third kappa shape index (κ3) is 3.52. The van der Waals surface area contributed by atoms with Crippen molar-refractivity contribution in [3.8, 4) is 5.75 Å². The van der Waals surface area contributed by atoms with Gasteiger partial charge in [0, 0.05) is 13.3 Å². The highest BCUT2D eigenvalue weighted by atomic mass is 16.3. The van der Waals surface area contributed by atoms with Gasteiger partial charge in [0.05, 0.1) is 19.0 Å². The summed E-state index contributed by atoms with van der Waals surface area (Å²) in [5, 5.41) is 16.3. The normalized spacial score (nSPS) is 11.0. The first-order valence-corrected chi connectivity index (χ1v) is 7.29. The number of rotatable bonds is 5. The molecular formula is C17H16N4O3. The van der Waals surface area contributed by atoms with Crippen molar-refractivity contribution < 1.29 is 14.3 Å². The van der Waals surface area contributed by atoms with Crippen LogP contribution in [0.3, 0.4) is 0 Å². The third-order valence-electron chi connectivity index (χ3n) is 3.36. The molecule has 3 aromatic rings. The molecule has 2 heterocycles. The zero-order chi connectivity index (χ0) is 16.9. The van der Waals surface area contributed by atoms with E-state index in [9.17, 15) is 9.90 Å². The molecule has 122 valence electrons. The Labute approximate surface area is 138 Å². The Hall–Kier alpha value is -3.35. The van der Waals surface area contributed by atoms with Crippen LogP contribution in [0.25, 0.3) is 0 Å². The topological polar surface area (TPSA) is 92.6 Å². The summed E-state index contributed by atoms with van der Waals surface area (Å²) in [6.45, 7) is 0.284. The molecule has 2 aromatic heterocycles. The molecule has 1 amide bonds. The fourth-order valence-electron chi connectivity index (χ4n) is 2.20. The Bertz CT molecular complexity index is 866. The van der Waals surface area contributed by atoms with E-state index in [1.54, 1.807) is 55.9 Å². The van der Waals surface area contributed by atoms with Crippen LogP contribution in [0.1, 0.15) is 21.8 Å². The van der Waals surface area contributed by atoms with Crippen LogP contribution in [-0.2, 0) is 13.6 Å². The van der Waals surface area contributed by atoms with Crippen molar-refractivity contribution >= 4 is 17.8 Å². The summed E-state index contributed by atoms with van der Waals surface area (Å²) in [4.78, 5) is 16.7. The lowest BCUT2D eigenvalue weighted by Gasteiger charge is -2.04. The smallest absolute Gasteiger partial charge is 0.272 e. The SMILES string of the molecule is Cn1ncc(N=Cc2cccc(O)c2)c1C(=O)NCc1ccco1. The zero-order valence-corrected chi connectivity index (χ0v) is 13.0. The molecular weight excluding hydrogens is 308 g/mol. The molecule has 0 aliphatic carbocycles. The fourth-order valence-corrected chi connectivity index (χ4v) is 2.20. The molecule has 1 aromatic carbocycles. The number of amides is 1. The minimum atomic E-state index is -0.297. The summed E-state index contributed by atoms with van der Waals surface area (Å²) in [5.74, 6) is 0.520. The third-order valence-corrected chi connectivity index (χ3v) is 3.36.